The molecule has 1 amide bonds. The van der Waals surface area contributed by atoms with Crippen LogP contribution in [-0.4, -0.2) is 11.1 Å². The van der Waals surface area contributed by atoms with E-state index in [0.717, 1.165) is 21.2 Å². The Kier molecular flexibility index (Phi) is 4.42. The van der Waals surface area contributed by atoms with Gasteiger partial charge in [-0.3, -0.25) is 9.69 Å². The molecule has 0 spiro atoms. The molecule has 0 N–H and O–H groups in total. The Morgan fingerprint density at radius 1 is 0.931 bits per heavy atom. The van der Waals surface area contributed by atoms with Crippen LogP contribution in [0.15, 0.2) is 87.1 Å². The highest BCUT2D eigenvalue weighted by atomic mass is 35.5. The maximum atomic E-state index is 13.9. The van der Waals surface area contributed by atoms with Gasteiger partial charge in [-0.1, -0.05) is 71.0 Å². The Hall–Kier alpha value is -3.02. The molecule has 0 radical (unpaired) electrons. The zero-order valence-electron chi connectivity index (χ0n) is 15.4. The lowest BCUT2D eigenvalue weighted by atomic mass is 10.0. The number of nitrogens with zero attached hydrogens (tertiary/aromatic N) is 2. The molecule has 4 aromatic rings. The molecular weight excluding hydrogens is 404 g/mol. The second-order valence-electron chi connectivity index (χ2n) is 6.62. The molecule has 0 saturated heterocycles. The van der Waals surface area contributed by atoms with Crippen molar-refractivity contribution in [2.24, 2.45) is 0 Å². The van der Waals surface area contributed by atoms with Crippen molar-refractivity contribution in [2.75, 3.05) is 4.90 Å². The standard InChI is InChI=1S/C23H15ClN2O2S/c1-14-21(22(25-28-14)15-8-2-3-9-16(15)24)23(27)26-17-10-4-6-12-19(17)29-20-13-7-5-11-18(20)26/h2-13H,1H3. The number of rotatable bonds is 2. The van der Waals surface area contributed by atoms with Crippen molar-refractivity contribution < 1.29 is 9.32 Å². The van der Waals surface area contributed by atoms with E-state index in [1.165, 1.54) is 0 Å². The van der Waals surface area contributed by atoms with Crippen LogP contribution in [0.5, 0.6) is 0 Å². The molecule has 1 aromatic heterocycles. The highest BCUT2D eigenvalue weighted by Crippen LogP contribution is 2.49. The fourth-order valence-corrected chi connectivity index (χ4v) is 4.78. The Balaban J connectivity index is 1.71. The number of anilines is 2. The third-order valence-corrected chi connectivity index (χ3v) is 6.30. The predicted octanol–water partition coefficient (Wildman–Crippen LogP) is 6.75. The van der Waals surface area contributed by atoms with Crippen LogP contribution in [0.2, 0.25) is 5.02 Å². The number of benzene rings is 3. The number of halogens is 1. The minimum Gasteiger partial charge on any atom is -0.360 e. The van der Waals surface area contributed by atoms with E-state index in [0.29, 0.717) is 27.6 Å². The van der Waals surface area contributed by atoms with E-state index in [1.807, 2.05) is 66.7 Å². The van der Waals surface area contributed by atoms with E-state index in [9.17, 15) is 4.79 Å². The van der Waals surface area contributed by atoms with Gasteiger partial charge in [0.15, 0.2) is 0 Å². The molecule has 0 atom stereocenters. The molecule has 0 fully saturated rings. The lowest BCUT2D eigenvalue weighted by Crippen LogP contribution is -2.29. The first-order valence-corrected chi connectivity index (χ1v) is 10.3. The first kappa shape index (κ1) is 18.0. The molecule has 1 aliphatic heterocycles. The molecule has 142 valence electrons. The van der Waals surface area contributed by atoms with Crippen LogP contribution in [0.1, 0.15) is 16.1 Å². The van der Waals surface area contributed by atoms with Crippen molar-refractivity contribution in [3.8, 4) is 11.3 Å². The summed E-state index contributed by atoms with van der Waals surface area (Å²) in [4.78, 5) is 17.7. The van der Waals surface area contributed by atoms with E-state index in [1.54, 1.807) is 29.7 Å². The van der Waals surface area contributed by atoms with Gasteiger partial charge >= 0.3 is 0 Å². The smallest absolute Gasteiger partial charge is 0.268 e. The minimum atomic E-state index is -0.195. The average molecular weight is 419 g/mol. The number of hydrogen-bond donors (Lipinski definition) is 0. The van der Waals surface area contributed by atoms with Crippen LogP contribution in [0, 0.1) is 6.92 Å². The van der Waals surface area contributed by atoms with Gasteiger partial charge in [-0.25, -0.2) is 0 Å². The summed E-state index contributed by atoms with van der Waals surface area (Å²) in [6.45, 7) is 1.75. The summed E-state index contributed by atoms with van der Waals surface area (Å²) >= 11 is 8.04. The molecule has 4 nitrogen and oxygen atoms in total. The predicted molar refractivity (Wildman–Crippen MR) is 115 cm³/mol. The van der Waals surface area contributed by atoms with E-state index in [-0.39, 0.29) is 5.91 Å². The number of carbonyl (C=O) groups is 1. The lowest BCUT2D eigenvalue weighted by Gasteiger charge is -2.31. The number of para-hydroxylation sites is 2. The summed E-state index contributed by atoms with van der Waals surface area (Å²) in [5, 5.41) is 4.68. The summed E-state index contributed by atoms with van der Waals surface area (Å²) in [5.74, 6) is 0.261. The zero-order chi connectivity index (χ0) is 20.0. The van der Waals surface area contributed by atoms with Crippen LogP contribution in [0.3, 0.4) is 0 Å². The van der Waals surface area contributed by atoms with Crippen molar-refractivity contribution in [3.05, 3.63) is 89.1 Å². The van der Waals surface area contributed by atoms with Crippen LogP contribution in [0.4, 0.5) is 11.4 Å². The molecular formula is C23H15ClN2O2S. The topological polar surface area (TPSA) is 46.3 Å². The van der Waals surface area contributed by atoms with Crippen molar-refractivity contribution in [2.45, 2.75) is 16.7 Å². The van der Waals surface area contributed by atoms with Gasteiger partial charge in [-0.15, -0.1) is 0 Å². The highest BCUT2D eigenvalue weighted by Gasteiger charge is 2.33. The second kappa shape index (κ2) is 7.10. The van der Waals surface area contributed by atoms with Gasteiger partial charge in [0, 0.05) is 15.4 Å². The second-order valence-corrected chi connectivity index (χ2v) is 8.11. The minimum absolute atomic E-state index is 0.195. The van der Waals surface area contributed by atoms with Crippen molar-refractivity contribution in [1.29, 1.82) is 0 Å². The van der Waals surface area contributed by atoms with Gasteiger partial charge in [0.1, 0.15) is 17.0 Å². The van der Waals surface area contributed by atoms with E-state index in [2.05, 4.69) is 5.16 Å². The molecule has 1 aliphatic rings. The Morgan fingerprint density at radius 3 is 2.17 bits per heavy atom. The summed E-state index contributed by atoms with van der Waals surface area (Å²) in [7, 11) is 0. The lowest BCUT2D eigenvalue weighted by molar-refractivity contribution is 0.0997. The average Bonchev–Trinajstić information content (AvgIpc) is 3.13. The first-order valence-electron chi connectivity index (χ1n) is 9.06. The maximum Gasteiger partial charge on any atom is 0.268 e. The maximum absolute atomic E-state index is 13.9. The van der Waals surface area contributed by atoms with Gasteiger partial charge in [0.25, 0.3) is 5.91 Å². The van der Waals surface area contributed by atoms with Crippen molar-refractivity contribution >= 4 is 40.6 Å². The molecule has 0 aliphatic carbocycles. The molecule has 0 unspecified atom stereocenters. The summed E-state index contributed by atoms with van der Waals surface area (Å²) in [6, 6.07) is 23.1. The fourth-order valence-electron chi connectivity index (χ4n) is 3.50. The molecule has 6 heteroatoms. The third-order valence-electron chi connectivity index (χ3n) is 4.84. The first-order chi connectivity index (χ1) is 14.1. The highest BCUT2D eigenvalue weighted by molar-refractivity contribution is 7.99. The molecule has 2 heterocycles. The molecule has 0 bridgehead atoms. The molecule has 5 rings (SSSR count). The van der Waals surface area contributed by atoms with E-state index in [4.69, 9.17) is 16.1 Å². The quantitative estimate of drug-likeness (QED) is 0.361. The summed E-state index contributed by atoms with van der Waals surface area (Å²) < 4.78 is 5.43. The summed E-state index contributed by atoms with van der Waals surface area (Å²) in [6.07, 6.45) is 0. The number of hydrogen-bond acceptors (Lipinski definition) is 4. The van der Waals surface area contributed by atoms with Gasteiger partial charge < -0.3 is 4.52 Å². The molecule has 0 saturated carbocycles. The van der Waals surface area contributed by atoms with Gasteiger partial charge in [0.2, 0.25) is 0 Å². The van der Waals surface area contributed by atoms with Gasteiger partial charge in [0.05, 0.1) is 16.4 Å². The van der Waals surface area contributed by atoms with Crippen LogP contribution in [-0.2, 0) is 0 Å². The number of amides is 1. The monoisotopic (exact) mass is 418 g/mol. The third kappa shape index (κ3) is 2.94. The van der Waals surface area contributed by atoms with E-state index < -0.39 is 0 Å². The van der Waals surface area contributed by atoms with Crippen LogP contribution < -0.4 is 4.90 Å². The molecule has 3 aromatic carbocycles. The van der Waals surface area contributed by atoms with Gasteiger partial charge in [-0.2, -0.15) is 0 Å². The van der Waals surface area contributed by atoms with Crippen LogP contribution in [0.25, 0.3) is 11.3 Å². The fraction of sp³-hybridized carbons (Fsp3) is 0.0435. The number of aromatic nitrogens is 1. The Labute approximate surface area is 177 Å². The Bertz CT molecular complexity index is 1210. The SMILES string of the molecule is Cc1onc(-c2ccccc2Cl)c1C(=O)N1c2ccccc2Sc2ccccc21. The molecule has 29 heavy (non-hydrogen) atoms. The van der Waals surface area contributed by atoms with Crippen molar-refractivity contribution in [3.63, 3.8) is 0 Å². The normalized spacial score (nSPS) is 12.4. The van der Waals surface area contributed by atoms with Crippen LogP contribution >= 0.6 is 23.4 Å². The zero-order valence-corrected chi connectivity index (χ0v) is 17.0. The summed E-state index contributed by atoms with van der Waals surface area (Å²) in [5.41, 5.74) is 3.21. The van der Waals surface area contributed by atoms with E-state index >= 15 is 0 Å². The Morgan fingerprint density at radius 2 is 1.52 bits per heavy atom. The van der Waals surface area contributed by atoms with Crippen molar-refractivity contribution in [1.82, 2.24) is 5.16 Å². The van der Waals surface area contributed by atoms with Gasteiger partial charge in [-0.05, 0) is 37.3 Å². The number of carbonyl (C=O) groups excluding carboxylic acids is 1. The number of fused-ring (bicyclic) bond motifs is 2. The largest absolute Gasteiger partial charge is 0.360 e. The number of aryl methyl sites for hydroxylation is 1.